The Balaban J connectivity index is 1.35. The molecule has 0 spiro atoms. The summed E-state index contributed by atoms with van der Waals surface area (Å²) >= 11 is 4.19. The number of nitrogens with zero attached hydrogens (tertiary/aromatic N) is 1. The van der Waals surface area contributed by atoms with Gasteiger partial charge in [-0.25, -0.2) is 4.98 Å². The van der Waals surface area contributed by atoms with Crippen molar-refractivity contribution in [3.8, 4) is 17.0 Å². The van der Waals surface area contributed by atoms with Gasteiger partial charge in [0.15, 0.2) is 5.13 Å². The third-order valence-corrected chi connectivity index (χ3v) is 7.36. The fourth-order valence-electron chi connectivity index (χ4n) is 2.94. The van der Waals surface area contributed by atoms with Crippen LogP contribution in [-0.2, 0) is 4.79 Å². The Bertz CT molecular complexity index is 1240. The number of amides is 2. The quantitative estimate of drug-likeness (QED) is 0.282. The van der Waals surface area contributed by atoms with E-state index in [-0.39, 0.29) is 17.1 Å². The van der Waals surface area contributed by atoms with Crippen molar-refractivity contribution >= 4 is 57.1 Å². The SMILES string of the molecule is COc1ccc(-c2csc(NC(=O)C(C)Sc3cccc(NC(=O)c4cccs4)c3)n2)cc1. The lowest BCUT2D eigenvalue weighted by molar-refractivity contribution is -0.115. The topological polar surface area (TPSA) is 80.3 Å². The number of aromatic nitrogens is 1. The van der Waals surface area contributed by atoms with E-state index >= 15 is 0 Å². The van der Waals surface area contributed by atoms with E-state index in [4.69, 9.17) is 4.74 Å². The molecule has 0 bridgehead atoms. The van der Waals surface area contributed by atoms with E-state index in [1.54, 1.807) is 13.2 Å². The van der Waals surface area contributed by atoms with Crippen molar-refractivity contribution in [3.05, 3.63) is 76.3 Å². The van der Waals surface area contributed by atoms with Gasteiger partial charge in [0.25, 0.3) is 5.91 Å². The smallest absolute Gasteiger partial charge is 0.265 e. The number of methoxy groups -OCH3 is 1. The number of anilines is 2. The van der Waals surface area contributed by atoms with Crippen LogP contribution >= 0.6 is 34.4 Å². The first-order chi connectivity index (χ1) is 16.0. The van der Waals surface area contributed by atoms with Gasteiger partial charge in [-0.3, -0.25) is 9.59 Å². The van der Waals surface area contributed by atoms with Gasteiger partial charge in [-0.05, 0) is 60.8 Å². The number of thiazole rings is 1. The highest BCUT2D eigenvalue weighted by Gasteiger charge is 2.17. The Morgan fingerprint density at radius 2 is 1.85 bits per heavy atom. The molecule has 2 amide bonds. The molecule has 0 fully saturated rings. The molecule has 2 N–H and O–H groups in total. The molecule has 0 aliphatic carbocycles. The maximum atomic E-state index is 12.7. The summed E-state index contributed by atoms with van der Waals surface area (Å²) in [5.41, 5.74) is 2.44. The molecule has 0 saturated carbocycles. The molecule has 6 nitrogen and oxygen atoms in total. The number of rotatable bonds is 8. The lowest BCUT2D eigenvalue weighted by atomic mass is 10.2. The molecule has 0 radical (unpaired) electrons. The summed E-state index contributed by atoms with van der Waals surface area (Å²) in [6.45, 7) is 1.84. The minimum absolute atomic E-state index is 0.136. The zero-order valence-corrected chi connectivity index (χ0v) is 20.4. The van der Waals surface area contributed by atoms with E-state index in [9.17, 15) is 9.59 Å². The summed E-state index contributed by atoms with van der Waals surface area (Å²) in [5, 5.41) is 9.77. The summed E-state index contributed by atoms with van der Waals surface area (Å²) in [7, 11) is 1.63. The molecule has 4 aromatic rings. The van der Waals surface area contributed by atoms with Crippen LogP contribution in [0.2, 0.25) is 0 Å². The number of nitrogens with one attached hydrogen (secondary N) is 2. The average molecular weight is 496 g/mol. The molecule has 4 rings (SSSR count). The lowest BCUT2D eigenvalue weighted by Gasteiger charge is -2.12. The van der Waals surface area contributed by atoms with Gasteiger partial charge in [0.05, 0.1) is 22.9 Å². The van der Waals surface area contributed by atoms with Crippen LogP contribution in [0.5, 0.6) is 5.75 Å². The molecule has 2 aromatic heterocycles. The van der Waals surface area contributed by atoms with Crippen LogP contribution in [0.3, 0.4) is 0 Å². The molecular formula is C24H21N3O3S3. The molecule has 0 aliphatic heterocycles. The maximum Gasteiger partial charge on any atom is 0.265 e. The van der Waals surface area contributed by atoms with Crippen LogP contribution in [0.4, 0.5) is 10.8 Å². The monoisotopic (exact) mass is 495 g/mol. The number of thiophene rings is 1. The van der Waals surface area contributed by atoms with Crippen molar-refractivity contribution < 1.29 is 14.3 Å². The highest BCUT2D eigenvalue weighted by Crippen LogP contribution is 2.29. The van der Waals surface area contributed by atoms with Crippen molar-refractivity contribution in [2.45, 2.75) is 17.1 Å². The first-order valence-corrected chi connectivity index (χ1v) is 12.7. The number of benzene rings is 2. The van der Waals surface area contributed by atoms with Crippen molar-refractivity contribution in [2.24, 2.45) is 0 Å². The van der Waals surface area contributed by atoms with Gasteiger partial charge >= 0.3 is 0 Å². The average Bonchev–Trinajstić information content (AvgIpc) is 3.52. The predicted octanol–water partition coefficient (Wildman–Crippen LogP) is 6.25. The fraction of sp³-hybridized carbons (Fsp3) is 0.125. The molecule has 0 saturated heterocycles. The Labute approximate surface area is 204 Å². The van der Waals surface area contributed by atoms with Gasteiger partial charge in [0, 0.05) is 21.5 Å². The van der Waals surface area contributed by atoms with E-state index in [1.165, 1.54) is 34.4 Å². The second kappa shape index (κ2) is 10.7. The number of thioether (sulfide) groups is 1. The number of hydrogen-bond donors (Lipinski definition) is 2. The predicted molar refractivity (Wildman–Crippen MR) is 137 cm³/mol. The van der Waals surface area contributed by atoms with Crippen LogP contribution in [-0.4, -0.2) is 29.2 Å². The molecule has 9 heteroatoms. The summed E-state index contributed by atoms with van der Waals surface area (Å²) in [6.07, 6.45) is 0. The van der Waals surface area contributed by atoms with Gasteiger partial charge in [-0.2, -0.15) is 0 Å². The first kappa shape index (κ1) is 23.0. The molecule has 33 heavy (non-hydrogen) atoms. The zero-order chi connectivity index (χ0) is 23.2. The number of ether oxygens (including phenoxy) is 1. The standard InChI is InChI=1S/C24H21N3O3S3/c1-15(33-19-6-3-5-17(13-19)25-23(29)21-7-4-12-31-21)22(28)27-24-26-20(14-32-24)16-8-10-18(30-2)11-9-16/h3-15H,1-2H3,(H,25,29)(H,26,27,28). The summed E-state index contributed by atoms with van der Waals surface area (Å²) in [4.78, 5) is 31.1. The Morgan fingerprint density at radius 1 is 1.03 bits per heavy atom. The second-order valence-corrected chi connectivity index (χ2v) is 10.2. The van der Waals surface area contributed by atoms with E-state index in [0.29, 0.717) is 15.7 Å². The fourth-order valence-corrected chi connectivity index (χ4v) is 5.21. The summed E-state index contributed by atoms with van der Waals surface area (Å²) < 4.78 is 5.18. The maximum absolute atomic E-state index is 12.7. The van der Waals surface area contributed by atoms with Gasteiger partial charge in [-0.1, -0.05) is 12.1 Å². The van der Waals surface area contributed by atoms with Gasteiger partial charge in [0.1, 0.15) is 5.75 Å². The van der Waals surface area contributed by atoms with Crippen LogP contribution in [0.1, 0.15) is 16.6 Å². The number of carbonyl (C=O) groups is 2. The van der Waals surface area contributed by atoms with Crippen LogP contribution in [0.15, 0.2) is 76.3 Å². The van der Waals surface area contributed by atoms with Crippen LogP contribution in [0, 0.1) is 0 Å². The molecule has 168 valence electrons. The molecule has 1 unspecified atom stereocenters. The highest BCUT2D eigenvalue weighted by molar-refractivity contribution is 8.00. The normalized spacial score (nSPS) is 11.6. The zero-order valence-electron chi connectivity index (χ0n) is 17.9. The van der Waals surface area contributed by atoms with E-state index < -0.39 is 0 Å². The molecular weight excluding hydrogens is 474 g/mol. The van der Waals surface area contributed by atoms with Crippen LogP contribution < -0.4 is 15.4 Å². The van der Waals surface area contributed by atoms with E-state index in [2.05, 4.69) is 15.6 Å². The Hall–Kier alpha value is -3.14. The van der Waals surface area contributed by atoms with Crippen LogP contribution in [0.25, 0.3) is 11.3 Å². The third kappa shape index (κ3) is 6.01. The second-order valence-electron chi connectivity index (χ2n) is 6.97. The molecule has 0 aliphatic rings. The van der Waals surface area contributed by atoms with Crippen molar-refractivity contribution in [3.63, 3.8) is 0 Å². The number of hydrogen-bond acceptors (Lipinski definition) is 7. The largest absolute Gasteiger partial charge is 0.497 e. The van der Waals surface area contributed by atoms with E-state index in [1.807, 2.05) is 72.3 Å². The minimum atomic E-state index is -0.346. The first-order valence-electron chi connectivity index (χ1n) is 10.0. The summed E-state index contributed by atoms with van der Waals surface area (Å²) in [6, 6.07) is 18.7. The molecule has 1 atom stereocenters. The minimum Gasteiger partial charge on any atom is -0.497 e. The van der Waals surface area contributed by atoms with Crippen molar-refractivity contribution in [2.75, 3.05) is 17.7 Å². The molecule has 2 aromatic carbocycles. The third-order valence-electron chi connectivity index (χ3n) is 4.64. The Morgan fingerprint density at radius 3 is 2.58 bits per heavy atom. The Kier molecular flexibility index (Phi) is 7.43. The molecule has 2 heterocycles. The van der Waals surface area contributed by atoms with Gasteiger partial charge in [0.2, 0.25) is 5.91 Å². The van der Waals surface area contributed by atoms with E-state index in [0.717, 1.165) is 21.9 Å². The van der Waals surface area contributed by atoms with Crippen molar-refractivity contribution in [1.82, 2.24) is 4.98 Å². The number of carbonyl (C=O) groups excluding carboxylic acids is 2. The van der Waals surface area contributed by atoms with Gasteiger partial charge < -0.3 is 15.4 Å². The van der Waals surface area contributed by atoms with Gasteiger partial charge in [-0.15, -0.1) is 34.4 Å². The summed E-state index contributed by atoms with van der Waals surface area (Å²) in [5.74, 6) is 0.501. The van der Waals surface area contributed by atoms with Crippen molar-refractivity contribution in [1.29, 1.82) is 0 Å². The highest BCUT2D eigenvalue weighted by atomic mass is 32.2. The lowest BCUT2D eigenvalue weighted by Crippen LogP contribution is -2.22.